The van der Waals surface area contributed by atoms with Crippen molar-refractivity contribution in [3.63, 3.8) is 0 Å². The van der Waals surface area contributed by atoms with Crippen LogP contribution in [0.15, 0.2) is 65.8 Å². The Kier molecular flexibility index (Phi) is 17.3. The summed E-state index contributed by atoms with van der Waals surface area (Å²) in [4.78, 5) is 47.8. The van der Waals surface area contributed by atoms with Gasteiger partial charge in [0.1, 0.15) is 13.2 Å². The Morgan fingerprint density at radius 3 is 1.57 bits per heavy atom. The molecule has 0 aliphatic heterocycles. The molecule has 0 amide bonds. The summed E-state index contributed by atoms with van der Waals surface area (Å²) in [5.41, 5.74) is 15.2. The van der Waals surface area contributed by atoms with Gasteiger partial charge in [-0.15, -0.1) is 0 Å². The maximum absolute atomic E-state index is 11.7. The molecular formula is C28H36N4O8. The fourth-order valence-corrected chi connectivity index (χ4v) is 3.44. The highest BCUT2D eigenvalue weighted by Gasteiger charge is 2.22. The first-order chi connectivity index (χ1) is 19.3. The highest BCUT2D eigenvalue weighted by atomic mass is 16.5. The molecule has 2 atom stereocenters. The van der Waals surface area contributed by atoms with Crippen molar-refractivity contribution in [2.24, 2.45) is 22.7 Å². The molecule has 0 radical (unpaired) electrons. The van der Waals surface area contributed by atoms with E-state index in [1.807, 2.05) is 60.7 Å². The fourth-order valence-electron chi connectivity index (χ4n) is 3.44. The first kappa shape index (κ1) is 33.6. The summed E-state index contributed by atoms with van der Waals surface area (Å²) in [5.74, 6) is -4.60. The standard InChI is InChI=1S/C14H17N3O4.C14H19NO4/c15-17-16-8-4-7-12(14(19)20)9-13(18)21-10-11-5-2-1-3-6-11;15-8-4-7-12(14(17)18)9-13(16)19-10-11-5-2-1-3-6-11/h1-3,5-6,12H,4,7-10H2,(H,19,20);1-3,5-6,12H,4,7-10,15H2,(H,17,18)/t2*12-/m11/s1. The third-order valence-electron chi connectivity index (χ3n) is 5.64. The Hall–Kier alpha value is -4.41. The number of carboxylic acid groups (broad SMARTS) is 2. The van der Waals surface area contributed by atoms with Crippen molar-refractivity contribution in [2.75, 3.05) is 13.1 Å². The lowest BCUT2D eigenvalue weighted by molar-refractivity contribution is -0.152. The molecule has 12 heteroatoms. The van der Waals surface area contributed by atoms with Gasteiger partial charge < -0.3 is 25.4 Å². The first-order valence-corrected chi connectivity index (χ1v) is 12.8. The van der Waals surface area contributed by atoms with E-state index >= 15 is 0 Å². The molecule has 0 unspecified atom stereocenters. The van der Waals surface area contributed by atoms with Crippen LogP contribution in [-0.4, -0.2) is 47.2 Å². The van der Waals surface area contributed by atoms with Crippen molar-refractivity contribution in [1.82, 2.24) is 0 Å². The molecule has 2 aromatic rings. The molecule has 0 fully saturated rings. The van der Waals surface area contributed by atoms with Crippen molar-refractivity contribution in [3.8, 4) is 0 Å². The molecule has 4 N–H and O–H groups in total. The van der Waals surface area contributed by atoms with Crippen LogP contribution in [0.2, 0.25) is 0 Å². The zero-order chi connectivity index (χ0) is 29.6. The maximum atomic E-state index is 11.7. The van der Waals surface area contributed by atoms with E-state index in [-0.39, 0.29) is 39.0 Å². The molecule has 2 aromatic carbocycles. The largest absolute Gasteiger partial charge is 0.481 e. The third-order valence-corrected chi connectivity index (χ3v) is 5.64. The van der Waals surface area contributed by atoms with Crippen molar-refractivity contribution in [1.29, 1.82) is 0 Å². The molecule has 0 aliphatic rings. The van der Waals surface area contributed by atoms with Gasteiger partial charge in [0.25, 0.3) is 0 Å². The molecule has 0 aromatic heterocycles. The molecule has 0 bridgehead atoms. The van der Waals surface area contributed by atoms with Gasteiger partial charge in [-0.05, 0) is 48.9 Å². The highest BCUT2D eigenvalue weighted by molar-refractivity contribution is 5.79. The summed E-state index contributed by atoms with van der Waals surface area (Å²) in [5, 5.41) is 21.4. The second kappa shape index (κ2) is 20.5. The number of carboxylic acids is 2. The van der Waals surface area contributed by atoms with Gasteiger partial charge in [-0.1, -0.05) is 65.8 Å². The number of nitrogens with zero attached hydrogens (tertiary/aromatic N) is 3. The second-order valence-electron chi connectivity index (χ2n) is 8.80. The van der Waals surface area contributed by atoms with Gasteiger partial charge >= 0.3 is 23.9 Å². The molecular weight excluding hydrogens is 520 g/mol. The molecule has 0 saturated heterocycles. The molecule has 0 spiro atoms. The molecule has 0 saturated carbocycles. The maximum Gasteiger partial charge on any atom is 0.307 e. The minimum Gasteiger partial charge on any atom is -0.481 e. The van der Waals surface area contributed by atoms with E-state index in [2.05, 4.69) is 10.0 Å². The Morgan fingerprint density at radius 1 is 0.775 bits per heavy atom. The summed E-state index contributed by atoms with van der Waals surface area (Å²) in [6, 6.07) is 18.4. The summed E-state index contributed by atoms with van der Waals surface area (Å²) >= 11 is 0. The van der Waals surface area contributed by atoms with Crippen molar-refractivity contribution in [2.45, 2.75) is 51.7 Å². The monoisotopic (exact) mass is 556 g/mol. The van der Waals surface area contributed by atoms with E-state index in [9.17, 15) is 19.2 Å². The van der Waals surface area contributed by atoms with E-state index in [1.165, 1.54) is 0 Å². The van der Waals surface area contributed by atoms with Crippen molar-refractivity contribution < 1.29 is 38.9 Å². The zero-order valence-corrected chi connectivity index (χ0v) is 22.3. The second-order valence-corrected chi connectivity index (χ2v) is 8.80. The van der Waals surface area contributed by atoms with Crippen LogP contribution in [0.25, 0.3) is 10.4 Å². The summed E-state index contributed by atoms with van der Waals surface area (Å²) in [6.45, 7) is 0.940. The minimum atomic E-state index is -1.05. The van der Waals surface area contributed by atoms with Crippen LogP contribution >= 0.6 is 0 Å². The first-order valence-electron chi connectivity index (χ1n) is 12.8. The summed E-state index contributed by atoms with van der Waals surface area (Å²) in [6.07, 6.45) is 1.39. The number of hydrogen-bond acceptors (Lipinski definition) is 8. The number of nitrogens with two attached hydrogens (primary N) is 1. The number of azide groups is 1. The topological polar surface area (TPSA) is 202 Å². The fraction of sp³-hybridized carbons (Fsp3) is 0.429. The molecule has 216 valence electrons. The molecule has 0 heterocycles. The van der Waals surface area contributed by atoms with Crippen LogP contribution in [0.1, 0.15) is 49.7 Å². The van der Waals surface area contributed by atoms with Crippen LogP contribution < -0.4 is 5.73 Å². The smallest absolute Gasteiger partial charge is 0.307 e. The average Bonchev–Trinajstić information content (AvgIpc) is 2.95. The molecule has 0 aliphatic carbocycles. The van der Waals surface area contributed by atoms with Crippen LogP contribution in [0, 0.1) is 11.8 Å². The number of aliphatic carboxylic acids is 2. The summed E-state index contributed by atoms with van der Waals surface area (Å²) < 4.78 is 10.1. The average molecular weight is 557 g/mol. The Bertz CT molecular complexity index is 1090. The van der Waals surface area contributed by atoms with Gasteiger partial charge in [-0.2, -0.15) is 0 Å². The SMILES string of the molecule is NCCC[C@H](CC(=O)OCc1ccccc1)C(=O)O.[N-]=[N+]=NCCC[C@H](CC(=O)OCc1ccccc1)C(=O)O. The Labute approximate surface area is 232 Å². The van der Waals surface area contributed by atoms with Crippen molar-refractivity contribution >= 4 is 23.9 Å². The zero-order valence-electron chi connectivity index (χ0n) is 22.3. The van der Waals surface area contributed by atoms with Gasteiger partial charge in [0.05, 0.1) is 24.7 Å². The number of rotatable bonds is 17. The number of hydrogen-bond donors (Lipinski definition) is 3. The predicted octanol–water partition coefficient (Wildman–Crippen LogP) is 4.47. The van der Waals surface area contributed by atoms with E-state index < -0.39 is 35.7 Å². The predicted molar refractivity (Wildman–Crippen MR) is 145 cm³/mol. The van der Waals surface area contributed by atoms with Crippen molar-refractivity contribution in [3.05, 3.63) is 82.2 Å². The number of carbonyl (C=O) groups is 4. The van der Waals surface area contributed by atoms with Crippen LogP contribution in [-0.2, 0) is 41.9 Å². The van der Waals surface area contributed by atoms with E-state index in [4.69, 9.17) is 31.0 Å². The van der Waals surface area contributed by atoms with E-state index in [0.29, 0.717) is 25.8 Å². The van der Waals surface area contributed by atoms with Gasteiger partial charge in [0.2, 0.25) is 0 Å². The summed E-state index contributed by atoms with van der Waals surface area (Å²) in [7, 11) is 0. The number of benzene rings is 2. The van der Waals surface area contributed by atoms with Crippen LogP contribution in [0.4, 0.5) is 0 Å². The minimum absolute atomic E-state index is 0.109. The van der Waals surface area contributed by atoms with E-state index in [0.717, 1.165) is 11.1 Å². The van der Waals surface area contributed by atoms with E-state index in [1.54, 1.807) is 0 Å². The van der Waals surface area contributed by atoms with Gasteiger partial charge in [0, 0.05) is 11.5 Å². The van der Waals surface area contributed by atoms with Crippen LogP contribution in [0.3, 0.4) is 0 Å². The normalized spacial score (nSPS) is 11.5. The molecule has 40 heavy (non-hydrogen) atoms. The lowest BCUT2D eigenvalue weighted by Gasteiger charge is -2.11. The number of esters is 2. The lowest BCUT2D eigenvalue weighted by atomic mass is 10.00. The quantitative estimate of drug-likeness (QED) is 0.0825. The third kappa shape index (κ3) is 15.8. The van der Waals surface area contributed by atoms with Gasteiger partial charge in [-0.25, -0.2) is 0 Å². The Balaban J connectivity index is 0.000000402. The van der Waals surface area contributed by atoms with Crippen LogP contribution in [0.5, 0.6) is 0 Å². The molecule has 2 rings (SSSR count). The lowest BCUT2D eigenvalue weighted by Crippen LogP contribution is -2.20. The highest BCUT2D eigenvalue weighted by Crippen LogP contribution is 2.15. The van der Waals surface area contributed by atoms with Gasteiger partial charge in [-0.3, -0.25) is 19.2 Å². The number of carbonyl (C=O) groups excluding carboxylic acids is 2. The molecule has 12 nitrogen and oxygen atoms in total. The van der Waals surface area contributed by atoms with Gasteiger partial charge in [0.15, 0.2) is 0 Å². The number of ether oxygens (including phenoxy) is 2. The Morgan fingerprint density at radius 2 is 1.20 bits per heavy atom.